The first-order chi connectivity index (χ1) is 14.9. The van der Waals surface area contributed by atoms with Crippen molar-refractivity contribution in [3.63, 3.8) is 0 Å². The number of anilines is 1. The number of barbiturate groups is 1. The number of rotatable bonds is 7. The first-order valence-corrected chi connectivity index (χ1v) is 10.6. The van der Waals surface area contributed by atoms with Gasteiger partial charge in [0.2, 0.25) is 0 Å². The van der Waals surface area contributed by atoms with Crippen LogP contribution in [0.2, 0.25) is 0 Å². The van der Waals surface area contributed by atoms with Gasteiger partial charge in [0.15, 0.2) is 11.5 Å². The largest absolute Gasteiger partial charge is 0.494 e. The van der Waals surface area contributed by atoms with E-state index < -0.39 is 17.8 Å². The van der Waals surface area contributed by atoms with Gasteiger partial charge in [-0.2, -0.15) is 0 Å². The Labute approximate surface area is 193 Å². The van der Waals surface area contributed by atoms with Crippen molar-refractivity contribution in [1.82, 2.24) is 5.32 Å². The van der Waals surface area contributed by atoms with Crippen LogP contribution in [0.4, 0.5) is 10.5 Å². The maximum absolute atomic E-state index is 13.1. The molecule has 9 heteroatoms. The van der Waals surface area contributed by atoms with E-state index in [1.54, 1.807) is 36.4 Å². The first kappa shape index (κ1) is 22.6. The van der Waals surface area contributed by atoms with E-state index in [2.05, 4.69) is 27.9 Å². The number of hydrogen-bond acceptors (Lipinski definition) is 6. The van der Waals surface area contributed by atoms with Gasteiger partial charge in [-0.05, 0) is 84.5 Å². The number of nitrogens with zero attached hydrogens (tertiary/aromatic N) is 1. The lowest BCUT2D eigenvalue weighted by Crippen LogP contribution is -2.54. The summed E-state index contributed by atoms with van der Waals surface area (Å²) in [6, 6.07) is 9.09. The van der Waals surface area contributed by atoms with E-state index in [1.807, 2.05) is 13.8 Å². The molecule has 0 saturated carbocycles. The molecule has 1 aliphatic heterocycles. The van der Waals surface area contributed by atoms with E-state index in [0.29, 0.717) is 41.7 Å². The first-order valence-electron chi connectivity index (χ1n) is 9.54. The number of halogens is 1. The summed E-state index contributed by atoms with van der Waals surface area (Å²) in [5.74, 6) is 0.184. The number of nitrogens with one attached hydrogen (secondary N) is 1. The summed E-state index contributed by atoms with van der Waals surface area (Å²) >= 11 is 2.09. The van der Waals surface area contributed by atoms with Gasteiger partial charge in [0.25, 0.3) is 11.8 Å². The predicted molar refractivity (Wildman–Crippen MR) is 123 cm³/mol. The molecule has 8 nitrogen and oxygen atoms in total. The molecule has 1 aliphatic rings. The van der Waals surface area contributed by atoms with Crippen LogP contribution in [0.3, 0.4) is 0 Å². The number of urea groups is 1. The Morgan fingerprint density at radius 2 is 1.71 bits per heavy atom. The van der Waals surface area contributed by atoms with Crippen LogP contribution in [0.25, 0.3) is 6.08 Å². The molecule has 1 heterocycles. The molecule has 2 aromatic carbocycles. The maximum atomic E-state index is 13.1. The van der Waals surface area contributed by atoms with Crippen LogP contribution >= 0.6 is 22.6 Å². The van der Waals surface area contributed by atoms with E-state index in [1.165, 1.54) is 13.2 Å². The minimum atomic E-state index is -0.810. The summed E-state index contributed by atoms with van der Waals surface area (Å²) < 4.78 is 17.1. The summed E-state index contributed by atoms with van der Waals surface area (Å²) in [5, 5.41) is 2.22. The molecule has 0 atom stereocenters. The van der Waals surface area contributed by atoms with Crippen molar-refractivity contribution in [1.29, 1.82) is 0 Å². The fraction of sp³-hybridized carbons (Fsp3) is 0.227. The Kier molecular flexibility index (Phi) is 7.16. The number of carbonyl (C=O) groups is 3. The quantitative estimate of drug-likeness (QED) is 0.329. The lowest BCUT2D eigenvalue weighted by Gasteiger charge is -2.26. The third-order valence-corrected chi connectivity index (χ3v) is 5.16. The Morgan fingerprint density at radius 3 is 2.32 bits per heavy atom. The van der Waals surface area contributed by atoms with Gasteiger partial charge >= 0.3 is 6.03 Å². The van der Waals surface area contributed by atoms with Crippen molar-refractivity contribution in [2.75, 3.05) is 25.2 Å². The maximum Gasteiger partial charge on any atom is 0.335 e. The van der Waals surface area contributed by atoms with E-state index in [9.17, 15) is 14.4 Å². The Balaban J connectivity index is 1.99. The normalized spacial score (nSPS) is 15.2. The fourth-order valence-corrected chi connectivity index (χ4v) is 3.89. The Bertz CT molecular complexity index is 1050. The van der Waals surface area contributed by atoms with E-state index in [0.717, 1.165) is 8.47 Å². The highest BCUT2D eigenvalue weighted by molar-refractivity contribution is 14.1. The SMILES string of the molecule is CCOc1ccc(N2C(=O)NC(=O)/C(=C/c3cc(I)c(OC)c(OCC)c3)C2=O)cc1. The molecule has 0 spiro atoms. The summed E-state index contributed by atoms with van der Waals surface area (Å²) in [7, 11) is 1.54. The van der Waals surface area contributed by atoms with Gasteiger partial charge < -0.3 is 14.2 Å². The Hall–Kier alpha value is -3.08. The van der Waals surface area contributed by atoms with Gasteiger partial charge in [-0.15, -0.1) is 0 Å². The molecule has 1 saturated heterocycles. The monoisotopic (exact) mass is 536 g/mol. The van der Waals surface area contributed by atoms with Crippen molar-refractivity contribution in [2.45, 2.75) is 13.8 Å². The summed E-state index contributed by atoms with van der Waals surface area (Å²) in [6.07, 6.45) is 1.43. The molecule has 0 aliphatic carbocycles. The molecule has 4 amide bonds. The van der Waals surface area contributed by atoms with Crippen LogP contribution in [0.1, 0.15) is 19.4 Å². The molecular formula is C22H21IN2O6. The number of ether oxygens (including phenoxy) is 3. The number of methoxy groups -OCH3 is 1. The standard InChI is InChI=1S/C22H21IN2O6/c1-4-30-15-8-6-14(7-9-15)25-21(27)16(20(26)24-22(25)28)10-13-11-17(23)19(29-3)18(12-13)31-5-2/h6-12H,4-5H2,1-3H3,(H,24,26,28)/b16-10-. The molecule has 162 valence electrons. The zero-order chi connectivity index (χ0) is 22.5. The third-order valence-electron chi connectivity index (χ3n) is 4.35. The average Bonchev–Trinajstić information content (AvgIpc) is 2.72. The van der Waals surface area contributed by atoms with E-state index >= 15 is 0 Å². The lowest BCUT2D eigenvalue weighted by molar-refractivity contribution is -0.122. The molecule has 1 N–H and O–H groups in total. The molecule has 0 unspecified atom stereocenters. The summed E-state index contributed by atoms with van der Waals surface area (Å²) in [5.41, 5.74) is 0.716. The van der Waals surface area contributed by atoms with Crippen molar-refractivity contribution in [2.24, 2.45) is 0 Å². The van der Waals surface area contributed by atoms with E-state index in [4.69, 9.17) is 14.2 Å². The van der Waals surface area contributed by atoms with Crippen LogP contribution < -0.4 is 24.4 Å². The summed E-state index contributed by atoms with van der Waals surface area (Å²) in [6.45, 7) is 4.62. The lowest BCUT2D eigenvalue weighted by atomic mass is 10.1. The zero-order valence-electron chi connectivity index (χ0n) is 17.2. The van der Waals surface area contributed by atoms with Crippen LogP contribution in [-0.2, 0) is 9.59 Å². The molecule has 0 radical (unpaired) electrons. The number of amides is 4. The minimum absolute atomic E-state index is 0.170. The van der Waals surface area contributed by atoms with Gasteiger partial charge in [0.05, 0.1) is 29.6 Å². The molecule has 3 rings (SSSR count). The zero-order valence-corrected chi connectivity index (χ0v) is 19.4. The van der Waals surface area contributed by atoms with Gasteiger partial charge in [-0.25, -0.2) is 9.69 Å². The number of hydrogen-bond donors (Lipinski definition) is 1. The Morgan fingerprint density at radius 1 is 1.03 bits per heavy atom. The highest BCUT2D eigenvalue weighted by Crippen LogP contribution is 2.35. The molecular weight excluding hydrogens is 515 g/mol. The van der Waals surface area contributed by atoms with Crippen molar-refractivity contribution >= 4 is 52.2 Å². The molecule has 2 aromatic rings. The number of carbonyl (C=O) groups excluding carboxylic acids is 3. The second kappa shape index (κ2) is 9.82. The smallest absolute Gasteiger partial charge is 0.335 e. The number of benzene rings is 2. The molecule has 1 fully saturated rings. The second-order valence-corrected chi connectivity index (χ2v) is 7.51. The van der Waals surface area contributed by atoms with Gasteiger partial charge in [0, 0.05) is 0 Å². The minimum Gasteiger partial charge on any atom is -0.494 e. The molecule has 0 bridgehead atoms. The third kappa shape index (κ3) is 4.82. The topological polar surface area (TPSA) is 94.2 Å². The van der Waals surface area contributed by atoms with Crippen molar-refractivity contribution < 1.29 is 28.6 Å². The molecule has 31 heavy (non-hydrogen) atoms. The van der Waals surface area contributed by atoms with Crippen LogP contribution in [0, 0.1) is 3.57 Å². The van der Waals surface area contributed by atoms with Crippen molar-refractivity contribution in [3.05, 3.63) is 51.1 Å². The highest BCUT2D eigenvalue weighted by Gasteiger charge is 2.36. The predicted octanol–water partition coefficient (Wildman–Crippen LogP) is 3.76. The van der Waals surface area contributed by atoms with Crippen LogP contribution in [0.15, 0.2) is 42.0 Å². The molecule has 0 aromatic heterocycles. The van der Waals surface area contributed by atoms with Gasteiger partial charge in [-0.1, -0.05) is 0 Å². The van der Waals surface area contributed by atoms with Crippen molar-refractivity contribution in [3.8, 4) is 17.2 Å². The fourth-order valence-electron chi connectivity index (χ4n) is 3.05. The van der Waals surface area contributed by atoms with E-state index in [-0.39, 0.29) is 5.57 Å². The average molecular weight is 536 g/mol. The van der Waals surface area contributed by atoms with Gasteiger partial charge in [-0.3, -0.25) is 14.9 Å². The van der Waals surface area contributed by atoms with Crippen LogP contribution in [-0.4, -0.2) is 38.2 Å². The van der Waals surface area contributed by atoms with Crippen LogP contribution in [0.5, 0.6) is 17.2 Å². The number of imide groups is 2. The van der Waals surface area contributed by atoms with Gasteiger partial charge in [0.1, 0.15) is 11.3 Å². The second-order valence-electron chi connectivity index (χ2n) is 6.35. The summed E-state index contributed by atoms with van der Waals surface area (Å²) in [4.78, 5) is 38.8. The highest BCUT2D eigenvalue weighted by atomic mass is 127.